The summed E-state index contributed by atoms with van der Waals surface area (Å²) in [6.07, 6.45) is 0.590. The average Bonchev–Trinajstić information content (AvgIpc) is 3.00. The van der Waals surface area contributed by atoms with Crippen LogP contribution in [0.15, 0.2) is 12.1 Å². The number of nitriles is 1. The van der Waals surface area contributed by atoms with Gasteiger partial charge in [0.2, 0.25) is 0 Å². The van der Waals surface area contributed by atoms with Crippen LogP contribution in [0.3, 0.4) is 0 Å². The second kappa shape index (κ2) is 5.22. The lowest BCUT2D eigenvalue weighted by Crippen LogP contribution is -2.46. The molecule has 23 heavy (non-hydrogen) atoms. The first-order valence-corrected chi connectivity index (χ1v) is 7.71. The van der Waals surface area contributed by atoms with Crippen molar-refractivity contribution in [1.29, 1.82) is 5.26 Å². The number of hydrogen-bond acceptors (Lipinski definition) is 4. The first-order chi connectivity index (χ1) is 10.8. The van der Waals surface area contributed by atoms with Crippen LogP contribution in [0, 0.1) is 18.3 Å². The van der Waals surface area contributed by atoms with Gasteiger partial charge in [-0.15, -0.1) is 0 Å². The molecule has 1 N–H and O–H groups in total. The molecule has 1 aromatic carbocycles. The van der Waals surface area contributed by atoms with Crippen LogP contribution in [0.2, 0.25) is 5.02 Å². The van der Waals surface area contributed by atoms with Crippen molar-refractivity contribution in [1.82, 2.24) is 4.90 Å². The van der Waals surface area contributed by atoms with Crippen LogP contribution in [0.1, 0.15) is 30.4 Å². The van der Waals surface area contributed by atoms with Crippen molar-refractivity contribution < 1.29 is 14.7 Å². The number of rotatable bonds is 1. The summed E-state index contributed by atoms with van der Waals surface area (Å²) in [4.78, 5) is 28.1. The van der Waals surface area contributed by atoms with E-state index in [9.17, 15) is 14.7 Å². The Balaban J connectivity index is 2.09. The van der Waals surface area contributed by atoms with Gasteiger partial charge in [0.25, 0.3) is 5.91 Å². The molecule has 0 unspecified atom stereocenters. The summed E-state index contributed by atoms with van der Waals surface area (Å²) >= 11 is 6.16. The van der Waals surface area contributed by atoms with Crippen molar-refractivity contribution in [2.24, 2.45) is 0 Å². The maximum absolute atomic E-state index is 13.0. The molecule has 2 aliphatic rings. The van der Waals surface area contributed by atoms with Gasteiger partial charge in [-0.25, -0.2) is 9.69 Å². The van der Waals surface area contributed by atoms with Gasteiger partial charge in [0.15, 0.2) is 0 Å². The Bertz CT molecular complexity index is 758. The van der Waals surface area contributed by atoms with Gasteiger partial charge in [0, 0.05) is 13.5 Å². The van der Waals surface area contributed by atoms with Gasteiger partial charge in [-0.1, -0.05) is 11.6 Å². The van der Waals surface area contributed by atoms with Gasteiger partial charge in [-0.05, 0) is 37.5 Å². The van der Waals surface area contributed by atoms with Crippen LogP contribution in [-0.4, -0.2) is 40.6 Å². The topological polar surface area (TPSA) is 84.6 Å². The van der Waals surface area contributed by atoms with E-state index in [0.29, 0.717) is 29.7 Å². The zero-order valence-corrected chi connectivity index (χ0v) is 13.6. The number of aliphatic hydroxyl groups is 1. The fraction of sp³-hybridized carbons (Fsp3) is 0.438. The molecule has 1 saturated carbocycles. The predicted molar refractivity (Wildman–Crippen MR) is 84.1 cm³/mol. The lowest BCUT2D eigenvalue weighted by molar-refractivity contribution is -0.124. The number of aliphatic hydroxyl groups excluding tert-OH is 1. The maximum Gasteiger partial charge on any atom is 0.332 e. The molecule has 1 aromatic rings. The standard InChI is InChI=1S/C16H16ClN3O3/c1-9-12(4-3-10(8-18)13(9)17)20-14(22)16(19(2)15(20)23)6-5-11(21)7-16/h3-4,11,21H,5-7H2,1-2H3/t11-,16+/m0/s1. The summed E-state index contributed by atoms with van der Waals surface area (Å²) in [7, 11) is 1.58. The third-order valence-electron chi connectivity index (χ3n) is 4.91. The molecule has 3 amide bonds. The van der Waals surface area contributed by atoms with Crippen LogP contribution in [0.25, 0.3) is 0 Å². The largest absolute Gasteiger partial charge is 0.393 e. The average molecular weight is 334 g/mol. The highest BCUT2D eigenvalue weighted by Crippen LogP contribution is 2.44. The van der Waals surface area contributed by atoms with Gasteiger partial charge in [-0.2, -0.15) is 5.26 Å². The number of carbonyl (C=O) groups is 2. The molecule has 3 rings (SSSR count). The fourth-order valence-corrected chi connectivity index (χ4v) is 3.69. The Morgan fingerprint density at radius 3 is 2.70 bits per heavy atom. The summed E-state index contributed by atoms with van der Waals surface area (Å²) in [5.74, 6) is -0.342. The van der Waals surface area contributed by atoms with Crippen molar-refractivity contribution >= 4 is 29.2 Å². The van der Waals surface area contributed by atoms with Crippen molar-refractivity contribution in [3.05, 3.63) is 28.3 Å². The van der Waals surface area contributed by atoms with Gasteiger partial charge >= 0.3 is 6.03 Å². The lowest BCUT2D eigenvalue weighted by atomic mass is 9.95. The number of imide groups is 1. The zero-order valence-electron chi connectivity index (χ0n) is 12.8. The van der Waals surface area contributed by atoms with Crippen LogP contribution < -0.4 is 4.90 Å². The minimum Gasteiger partial charge on any atom is -0.393 e. The Hall–Kier alpha value is -2.10. The molecule has 1 aliphatic heterocycles. The van der Waals surface area contributed by atoms with Crippen LogP contribution in [-0.2, 0) is 4.79 Å². The van der Waals surface area contributed by atoms with Gasteiger partial charge in [0.1, 0.15) is 11.6 Å². The summed E-state index contributed by atoms with van der Waals surface area (Å²) < 4.78 is 0. The molecule has 0 aromatic heterocycles. The van der Waals surface area contributed by atoms with E-state index in [4.69, 9.17) is 16.9 Å². The number of carbonyl (C=O) groups excluding carboxylic acids is 2. The van der Waals surface area contributed by atoms with Crippen LogP contribution in [0.4, 0.5) is 10.5 Å². The first-order valence-electron chi connectivity index (χ1n) is 7.33. The Kier molecular flexibility index (Phi) is 3.58. The van der Waals surface area contributed by atoms with E-state index in [1.807, 2.05) is 6.07 Å². The van der Waals surface area contributed by atoms with Gasteiger partial charge < -0.3 is 10.0 Å². The summed E-state index contributed by atoms with van der Waals surface area (Å²) in [6.45, 7) is 1.67. The Morgan fingerprint density at radius 2 is 2.13 bits per heavy atom. The molecular formula is C16H16ClN3O3. The lowest BCUT2D eigenvalue weighted by Gasteiger charge is -2.27. The molecule has 7 heteroatoms. The molecule has 1 spiro atoms. The normalized spacial score (nSPS) is 27.2. The molecule has 1 saturated heterocycles. The molecule has 1 heterocycles. The predicted octanol–water partition coefficient (Wildman–Crippen LogP) is 2.20. The van der Waals surface area contributed by atoms with E-state index in [1.54, 1.807) is 20.0 Å². The highest BCUT2D eigenvalue weighted by atomic mass is 35.5. The van der Waals surface area contributed by atoms with Crippen LogP contribution >= 0.6 is 11.6 Å². The Labute approximate surface area is 138 Å². The number of nitrogens with zero attached hydrogens (tertiary/aromatic N) is 3. The molecule has 2 atom stereocenters. The Morgan fingerprint density at radius 1 is 1.43 bits per heavy atom. The van der Waals surface area contributed by atoms with Crippen molar-refractivity contribution in [2.75, 3.05) is 11.9 Å². The highest BCUT2D eigenvalue weighted by molar-refractivity contribution is 6.33. The number of likely N-dealkylation sites (N-methyl/N-ethyl adjacent to an activating group) is 1. The van der Waals surface area contributed by atoms with Gasteiger partial charge in [0.05, 0.1) is 22.4 Å². The number of benzene rings is 1. The van der Waals surface area contributed by atoms with Crippen LogP contribution in [0.5, 0.6) is 0 Å². The third-order valence-corrected chi connectivity index (χ3v) is 5.39. The minimum atomic E-state index is -0.983. The fourth-order valence-electron chi connectivity index (χ4n) is 3.49. The molecule has 6 nitrogen and oxygen atoms in total. The monoisotopic (exact) mass is 333 g/mol. The van der Waals surface area contributed by atoms with E-state index < -0.39 is 17.7 Å². The summed E-state index contributed by atoms with van der Waals surface area (Å²) in [6, 6.07) is 4.60. The number of anilines is 1. The van der Waals surface area contributed by atoms with E-state index in [2.05, 4.69) is 0 Å². The highest BCUT2D eigenvalue weighted by Gasteiger charge is 2.59. The molecule has 1 aliphatic carbocycles. The SMILES string of the molecule is Cc1c(N2C(=O)N(C)[C@@]3(CC[C@H](O)C3)C2=O)ccc(C#N)c1Cl. The number of urea groups is 1. The molecular weight excluding hydrogens is 318 g/mol. The molecule has 120 valence electrons. The second-order valence-electron chi connectivity index (χ2n) is 6.09. The van der Waals surface area contributed by atoms with E-state index in [1.165, 1.54) is 11.0 Å². The quantitative estimate of drug-likeness (QED) is 0.798. The second-order valence-corrected chi connectivity index (χ2v) is 6.47. The molecule has 0 bridgehead atoms. The number of halogens is 1. The smallest absolute Gasteiger partial charge is 0.332 e. The van der Waals surface area contributed by atoms with E-state index in [0.717, 1.165) is 4.90 Å². The first kappa shape index (κ1) is 15.8. The summed E-state index contributed by atoms with van der Waals surface area (Å²) in [5, 5.41) is 19.1. The van der Waals surface area contributed by atoms with E-state index in [-0.39, 0.29) is 17.4 Å². The van der Waals surface area contributed by atoms with Crippen molar-refractivity contribution in [3.8, 4) is 6.07 Å². The summed E-state index contributed by atoms with van der Waals surface area (Å²) in [5.41, 5.74) is 0.209. The third kappa shape index (κ3) is 2.04. The number of amides is 3. The number of hydrogen-bond donors (Lipinski definition) is 1. The molecule has 0 radical (unpaired) electrons. The minimum absolute atomic E-state index is 0.237. The maximum atomic E-state index is 13.0. The van der Waals surface area contributed by atoms with Gasteiger partial charge in [-0.3, -0.25) is 4.79 Å². The van der Waals surface area contributed by atoms with Crippen molar-refractivity contribution in [2.45, 2.75) is 37.8 Å². The van der Waals surface area contributed by atoms with E-state index >= 15 is 0 Å². The molecule has 2 fully saturated rings. The van der Waals surface area contributed by atoms with Crippen molar-refractivity contribution in [3.63, 3.8) is 0 Å². The zero-order chi connectivity index (χ0) is 16.9.